The smallest absolute Gasteiger partial charge is 0.256 e. The van der Waals surface area contributed by atoms with Gasteiger partial charge in [0.25, 0.3) is 11.8 Å². The average Bonchev–Trinajstić information content (AvgIpc) is 3.62. The van der Waals surface area contributed by atoms with Crippen molar-refractivity contribution in [3.8, 4) is 0 Å². The molecule has 6 aromatic carbocycles. The maximum atomic E-state index is 15.2. The molecule has 0 bridgehead atoms. The summed E-state index contributed by atoms with van der Waals surface area (Å²) in [5.41, 5.74) is 8.64. The van der Waals surface area contributed by atoms with E-state index in [1.165, 1.54) is 12.1 Å². The van der Waals surface area contributed by atoms with E-state index < -0.39 is 5.41 Å². The Morgan fingerprint density at radius 1 is 0.554 bits per heavy atom. The van der Waals surface area contributed by atoms with Crippen LogP contribution in [0.5, 0.6) is 0 Å². The number of carbonyl (C=O) groups excluding carboxylic acids is 4. The Morgan fingerprint density at radius 2 is 0.946 bits per heavy atom. The highest BCUT2D eigenvalue weighted by molar-refractivity contribution is 6.08. The second-order valence-electron chi connectivity index (χ2n) is 20.1. The Labute approximate surface area is 433 Å². The third-order valence-electron chi connectivity index (χ3n) is 15.3. The van der Waals surface area contributed by atoms with Crippen LogP contribution in [0, 0.1) is 23.0 Å². The standard InChI is InChI=1S/2C30H33FN4O2/c1-4-30(2,3)29(37)32-20-13-14-26(24(31)19-20)34-15-17-35(18-16-34)27-21-9-5-6-10-22(21)28(36)33-25-12-8-7-11-23(25)27;1-3-20(4-2)29(36)32-21-13-14-27(25(31)19-21)34-15-17-35(18-16-34)28-22-9-5-6-10-23(22)30(37)33-26-12-8-7-11-24(26)28/h5-14,19,27H,4,15-18H2,1-3H3,(H,32,37)(H,33,36);5-14,19-20,28H,3-4,15-18H2,1-2H3,(H,32,36)(H,33,37). The van der Waals surface area contributed by atoms with Gasteiger partial charge in [-0.25, -0.2) is 8.78 Å². The van der Waals surface area contributed by atoms with Crippen molar-refractivity contribution < 1.29 is 28.0 Å². The van der Waals surface area contributed by atoms with E-state index in [1.807, 2.05) is 124 Å². The quantitative estimate of drug-likeness (QED) is 0.101. The van der Waals surface area contributed by atoms with Crippen molar-refractivity contribution in [3.05, 3.63) is 178 Å². The van der Waals surface area contributed by atoms with E-state index >= 15 is 8.78 Å². The average molecular weight is 1000 g/mol. The van der Waals surface area contributed by atoms with E-state index in [2.05, 4.69) is 48.1 Å². The van der Waals surface area contributed by atoms with Crippen molar-refractivity contribution in [2.75, 3.05) is 83.4 Å². The van der Waals surface area contributed by atoms with E-state index in [1.54, 1.807) is 24.3 Å². The maximum Gasteiger partial charge on any atom is 0.256 e. The summed E-state index contributed by atoms with van der Waals surface area (Å²) >= 11 is 0. The molecule has 0 aromatic heterocycles. The van der Waals surface area contributed by atoms with Crippen LogP contribution in [0.15, 0.2) is 133 Å². The summed E-state index contributed by atoms with van der Waals surface area (Å²) in [4.78, 5) is 59.6. The van der Waals surface area contributed by atoms with Crippen LogP contribution in [-0.2, 0) is 9.59 Å². The molecule has 12 nitrogen and oxygen atoms in total. The molecule has 4 aliphatic heterocycles. The number of amides is 4. The van der Waals surface area contributed by atoms with Gasteiger partial charge in [0.1, 0.15) is 11.6 Å². The minimum atomic E-state index is -0.513. The lowest BCUT2D eigenvalue weighted by molar-refractivity contribution is -0.124. The van der Waals surface area contributed by atoms with Crippen LogP contribution >= 0.6 is 0 Å². The fourth-order valence-corrected chi connectivity index (χ4v) is 10.6. The van der Waals surface area contributed by atoms with E-state index in [4.69, 9.17) is 0 Å². The first-order valence-electron chi connectivity index (χ1n) is 26.0. The molecule has 384 valence electrons. The molecule has 2 fully saturated rings. The SMILES string of the molecule is CCC(C)(C)C(=O)Nc1ccc(N2CCN(C3c4ccccc4NC(=O)c4ccccc43)CC2)c(F)c1.CCC(CC)C(=O)Nc1ccc(N2CCN(C3c4ccccc4NC(=O)c4ccccc43)CC2)c(F)c1. The first-order valence-corrected chi connectivity index (χ1v) is 26.0. The molecule has 2 unspecified atom stereocenters. The second-order valence-corrected chi connectivity index (χ2v) is 20.1. The van der Waals surface area contributed by atoms with Crippen LogP contribution in [0.4, 0.5) is 42.9 Å². The molecule has 4 N–H and O–H groups in total. The van der Waals surface area contributed by atoms with Gasteiger partial charge in [-0.15, -0.1) is 0 Å². The summed E-state index contributed by atoms with van der Waals surface area (Å²) < 4.78 is 30.3. The Kier molecular flexibility index (Phi) is 15.6. The number of halogens is 2. The largest absolute Gasteiger partial charge is 0.367 e. The van der Waals surface area contributed by atoms with Crippen molar-refractivity contribution in [1.29, 1.82) is 0 Å². The van der Waals surface area contributed by atoms with Crippen LogP contribution in [0.25, 0.3) is 0 Å². The lowest BCUT2D eigenvalue weighted by atomic mass is 9.89. The van der Waals surface area contributed by atoms with Crippen molar-refractivity contribution in [3.63, 3.8) is 0 Å². The molecule has 74 heavy (non-hydrogen) atoms. The molecule has 10 rings (SSSR count). The van der Waals surface area contributed by atoms with Crippen LogP contribution in [0.3, 0.4) is 0 Å². The van der Waals surface area contributed by atoms with Gasteiger partial charge in [-0.3, -0.25) is 29.0 Å². The maximum absolute atomic E-state index is 15.2. The van der Waals surface area contributed by atoms with E-state index in [9.17, 15) is 19.2 Å². The van der Waals surface area contributed by atoms with Crippen molar-refractivity contribution >= 4 is 57.8 Å². The number of fused-ring (bicyclic) bond motifs is 4. The molecule has 0 aliphatic carbocycles. The highest BCUT2D eigenvalue weighted by Crippen LogP contribution is 2.41. The number of rotatable bonds is 11. The van der Waals surface area contributed by atoms with Crippen molar-refractivity contribution in [2.45, 2.75) is 66.0 Å². The third kappa shape index (κ3) is 10.8. The fraction of sp³-hybridized carbons (Fsp3) is 0.333. The number of hydrogen-bond donors (Lipinski definition) is 4. The van der Waals surface area contributed by atoms with Gasteiger partial charge in [-0.1, -0.05) is 107 Å². The summed E-state index contributed by atoms with van der Waals surface area (Å²) in [6.07, 6.45) is 2.21. The number of nitrogens with zero attached hydrogens (tertiary/aromatic N) is 4. The Morgan fingerprint density at radius 3 is 1.35 bits per heavy atom. The molecule has 14 heteroatoms. The summed E-state index contributed by atoms with van der Waals surface area (Å²) in [5, 5.41) is 11.8. The van der Waals surface area contributed by atoms with E-state index in [-0.39, 0.29) is 53.3 Å². The summed E-state index contributed by atoms with van der Waals surface area (Å²) in [7, 11) is 0. The predicted molar refractivity (Wildman–Crippen MR) is 291 cm³/mol. The Hall–Kier alpha value is -7.42. The van der Waals surface area contributed by atoms with Gasteiger partial charge in [0, 0.05) is 97.6 Å². The minimum absolute atomic E-state index is 0.0669. The summed E-state index contributed by atoms with van der Waals surface area (Å²) in [6.45, 7) is 15.1. The third-order valence-corrected chi connectivity index (χ3v) is 15.3. The highest BCUT2D eigenvalue weighted by Gasteiger charge is 2.36. The first kappa shape index (κ1) is 51.5. The number of carbonyl (C=O) groups is 4. The number of anilines is 6. The molecule has 0 radical (unpaired) electrons. The van der Waals surface area contributed by atoms with Crippen molar-refractivity contribution in [2.24, 2.45) is 11.3 Å². The van der Waals surface area contributed by atoms with Crippen LogP contribution in [0.1, 0.15) is 109 Å². The topological polar surface area (TPSA) is 129 Å². The predicted octanol–water partition coefficient (Wildman–Crippen LogP) is 11.4. The van der Waals surface area contributed by atoms with Gasteiger partial charge in [0.05, 0.1) is 23.5 Å². The zero-order chi connectivity index (χ0) is 52.1. The normalized spacial score (nSPS) is 17.7. The molecular formula is C60H66F2N8O4. The molecular weight excluding hydrogens is 935 g/mol. The molecule has 0 saturated carbocycles. The number of benzene rings is 6. The second kappa shape index (κ2) is 22.4. The summed E-state index contributed by atoms with van der Waals surface area (Å²) in [5.74, 6) is -1.13. The number of nitrogens with one attached hydrogen (secondary N) is 4. The molecule has 4 heterocycles. The molecule has 4 amide bonds. The molecule has 2 saturated heterocycles. The van der Waals surface area contributed by atoms with Gasteiger partial charge in [0.15, 0.2) is 0 Å². The van der Waals surface area contributed by atoms with Crippen LogP contribution < -0.4 is 31.1 Å². The zero-order valence-electron chi connectivity index (χ0n) is 42.9. The monoisotopic (exact) mass is 1000 g/mol. The number of piperazine rings is 2. The van der Waals surface area contributed by atoms with Gasteiger partial charge < -0.3 is 31.1 Å². The highest BCUT2D eigenvalue weighted by atomic mass is 19.1. The zero-order valence-corrected chi connectivity index (χ0v) is 42.9. The lowest BCUT2D eigenvalue weighted by Gasteiger charge is -2.41. The summed E-state index contributed by atoms with van der Waals surface area (Å²) in [6, 6.07) is 41.2. The Bertz CT molecular complexity index is 3030. The first-order chi connectivity index (χ1) is 35.8. The minimum Gasteiger partial charge on any atom is -0.367 e. The van der Waals surface area contributed by atoms with Gasteiger partial charge in [-0.05, 0) is 102 Å². The molecule has 2 atom stereocenters. The van der Waals surface area contributed by atoms with Gasteiger partial charge in [-0.2, -0.15) is 0 Å². The van der Waals surface area contributed by atoms with Crippen molar-refractivity contribution in [1.82, 2.24) is 9.80 Å². The Balaban J connectivity index is 0.000000182. The lowest BCUT2D eigenvalue weighted by Crippen LogP contribution is -2.48. The van der Waals surface area contributed by atoms with Gasteiger partial charge >= 0.3 is 0 Å². The van der Waals surface area contributed by atoms with E-state index in [0.717, 1.165) is 46.5 Å². The van der Waals surface area contributed by atoms with Gasteiger partial charge in [0.2, 0.25) is 11.8 Å². The number of hydrogen-bond acceptors (Lipinski definition) is 8. The molecule has 0 spiro atoms. The van der Waals surface area contributed by atoms with E-state index in [0.29, 0.717) is 92.7 Å². The molecule has 6 aromatic rings. The fourth-order valence-electron chi connectivity index (χ4n) is 10.6. The number of para-hydroxylation sites is 2. The van der Waals surface area contributed by atoms with Crippen LogP contribution in [0.2, 0.25) is 0 Å². The van der Waals surface area contributed by atoms with Crippen LogP contribution in [-0.4, -0.2) is 85.8 Å². The molecule has 4 aliphatic rings.